The third kappa shape index (κ3) is 3.41. The van der Waals surface area contributed by atoms with Gasteiger partial charge in [-0.05, 0) is 25.0 Å². The number of rotatable bonds is 6. The van der Waals surface area contributed by atoms with Gasteiger partial charge in [-0.15, -0.1) is 0 Å². The number of hydrogen-bond acceptors (Lipinski definition) is 4. The third-order valence-electron chi connectivity index (χ3n) is 4.34. The van der Waals surface area contributed by atoms with Crippen LogP contribution in [0.2, 0.25) is 5.02 Å². The molecule has 1 saturated carbocycles. The van der Waals surface area contributed by atoms with Gasteiger partial charge in [0.15, 0.2) is 5.76 Å². The smallest absolute Gasteiger partial charge is 0.228 e. The van der Waals surface area contributed by atoms with E-state index in [1.165, 1.54) is 0 Å². The molecule has 1 N–H and O–H groups in total. The molecular weight excluding hydrogens is 316 g/mol. The largest absolute Gasteiger partial charge is 0.384 e. The molecule has 0 unspecified atom stereocenters. The van der Waals surface area contributed by atoms with E-state index < -0.39 is 0 Å². The zero-order valence-electron chi connectivity index (χ0n) is 13.0. The van der Waals surface area contributed by atoms with Crippen molar-refractivity contribution in [2.75, 3.05) is 13.7 Å². The van der Waals surface area contributed by atoms with Crippen molar-refractivity contribution >= 4 is 17.5 Å². The first-order valence-corrected chi connectivity index (χ1v) is 7.99. The second-order valence-corrected chi connectivity index (χ2v) is 6.37. The highest BCUT2D eigenvalue weighted by Crippen LogP contribution is 2.41. The van der Waals surface area contributed by atoms with Gasteiger partial charge in [-0.3, -0.25) is 4.79 Å². The first-order chi connectivity index (χ1) is 11.1. The highest BCUT2D eigenvalue weighted by Gasteiger charge is 2.44. The molecule has 122 valence electrons. The van der Waals surface area contributed by atoms with Gasteiger partial charge in [0.25, 0.3) is 0 Å². The second-order valence-electron chi connectivity index (χ2n) is 5.93. The molecule has 2 aromatic rings. The van der Waals surface area contributed by atoms with Crippen molar-refractivity contribution in [1.82, 2.24) is 10.5 Å². The maximum absolute atomic E-state index is 12.4. The fourth-order valence-electron chi connectivity index (χ4n) is 2.82. The maximum atomic E-state index is 12.4. The number of nitrogens with one attached hydrogen (secondary N) is 1. The molecule has 1 aromatic heterocycles. The standard InChI is InChI=1S/C17H19ClN2O3/c1-22-11-17(7-2-8-17)16(21)19-10-14-9-15(20-23-14)12-3-5-13(18)6-4-12/h3-6,9H,2,7-8,10-11H2,1H3,(H,19,21). The summed E-state index contributed by atoms with van der Waals surface area (Å²) >= 11 is 5.87. The molecule has 0 spiro atoms. The number of ether oxygens (including phenoxy) is 1. The summed E-state index contributed by atoms with van der Waals surface area (Å²) in [7, 11) is 1.63. The number of carbonyl (C=O) groups excluding carboxylic acids is 1. The summed E-state index contributed by atoms with van der Waals surface area (Å²) in [5, 5.41) is 7.63. The van der Waals surface area contributed by atoms with Crippen LogP contribution >= 0.6 is 11.6 Å². The molecule has 1 aliphatic rings. The summed E-state index contributed by atoms with van der Waals surface area (Å²) in [6.45, 7) is 0.788. The lowest BCUT2D eigenvalue weighted by atomic mass is 9.68. The fourth-order valence-corrected chi connectivity index (χ4v) is 2.95. The minimum Gasteiger partial charge on any atom is -0.384 e. The topological polar surface area (TPSA) is 64.4 Å². The van der Waals surface area contributed by atoms with Crippen molar-refractivity contribution in [1.29, 1.82) is 0 Å². The van der Waals surface area contributed by atoms with Gasteiger partial charge in [0.1, 0.15) is 5.69 Å². The first-order valence-electron chi connectivity index (χ1n) is 7.62. The number of carbonyl (C=O) groups is 1. The Morgan fingerprint density at radius 2 is 2.13 bits per heavy atom. The SMILES string of the molecule is COCC1(C(=O)NCc2cc(-c3ccc(Cl)cc3)no2)CCC1. The van der Waals surface area contributed by atoms with Gasteiger partial charge in [-0.2, -0.15) is 0 Å². The van der Waals surface area contributed by atoms with E-state index in [1.54, 1.807) is 19.2 Å². The monoisotopic (exact) mass is 334 g/mol. The average Bonchev–Trinajstić information content (AvgIpc) is 2.98. The van der Waals surface area contributed by atoms with Crippen LogP contribution in [-0.2, 0) is 16.1 Å². The molecule has 1 amide bonds. The van der Waals surface area contributed by atoms with Crippen molar-refractivity contribution in [3.05, 3.63) is 41.1 Å². The zero-order chi connectivity index (χ0) is 16.3. The summed E-state index contributed by atoms with van der Waals surface area (Å²) in [6, 6.07) is 9.19. The normalized spacial score (nSPS) is 15.9. The van der Waals surface area contributed by atoms with E-state index in [4.69, 9.17) is 20.9 Å². The van der Waals surface area contributed by atoms with Gasteiger partial charge < -0.3 is 14.6 Å². The Balaban J connectivity index is 1.61. The zero-order valence-corrected chi connectivity index (χ0v) is 13.7. The van der Waals surface area contributed by atoms with Crippen LogP contribution < -0.4 is 5.32 Å². The summed E-state index contributed by atoms with van der Waals surface area (Å²) in [6.07, 6.45) is 2.82. The van der Waals surface area contributed by atoms with Crippen LogP contribution in [0.4, 0.5) is 0 Å². The molecule has 1 aromatic carbocycles. The molecule has 1 aliphatic carbocycles. The highest BCUT2D eigenvalue weighted by atomic mass is 35.5. The molecule has 6 heteroatoms. The van der Waals surface area contributed by atoms with Crippen LogP contribution in [0.15, 0.2) is 34.9 Å². The third-order valence-corrected chi connectivity index (χ3v) is 4.59. The predicted molar refractivity (Wildman–Crippen MR) is 87.0 cm³/mol. The minimum atomic E-state index is -0.367. The van der Waals surface area contributed by atoms with E-state index in [2.05, 4.69) is 10.5 Å². The molecule has 3 rings (SSSR count). The lowest BCUT2D eigenvalue weighted by Crippen LogP contribution is -2.48. The molecule has 0 atom stereocenters. The quantitative estimate of drug-likeness (QED) is 0.879. The first kappa shape index (κ1) is 16.0. The second kappa shape index (κ2) is 6.72. The maximum Gasteiger partial charge on any atom is 0.228 e. The molecule has 0 aliphatic heterocycles. The van der Waals surface area contributed by atoms with E-state index in [9.17, 15) is 4.79 Å². The van der Waals surface area contributed by atoms with Crippen LogP contribution in [-0.4, -0.2) is 24.8 Å². The van der Waals surface area contributed by atoms with Crippen molar-refractivity contribution in [3.63, 3.8) is 0 Å². The molecule has 5 nitrogen and oxygen atoms in total. The van der Waals surface area contributed by atoms with E-state index in [0.29, 0.717) is 23.9 Å². The van der Waals surface area contributed by atoms with E-state index >= 15 is 0 Å². The van der Waals surface area contributed by atoms with Gasteiger partial charge >= 0.3 is 0 Å². The Kier molecular flexibility index (Phi) is 4.68. The summed E-state index contributed by atoms with van der Waals surface area (Å²) < 4.78 is 10.5. The van der Waals surface area contributed by atoms with Gasteiger partial charge in [0.05, 0.1) is 18.6 Å². The molecule has 0 saturated heterocycles. The van der Waals surface area contributed by atoms with Crippen molar-refractivity contribution < 1.29 is 14.1 Å². The number of nitrogens with zero attached hydrogens (tertiary/aromatic N) is 1. The van der Waals surface area contributed by atoms with E-state index in [0.717, 1.165) is 30.5 Å². The lowest BCUT2D eigenvalue weighted by molar-refractivity contribution is -0.140. The van der Waals surface area contributed by atoms with Crippen LogP contribution in [0.5, 0.6) is 0 Å². The van der Waals surface area contributed by atoms with Crippen LogP contribution in [0.25, 0.3) is 11.3 Å². The number of halogens is 1. The van der Waals surface area contributed by atoms with Crippen molar-refractivity contribution in [2.45, 2.75) is 25.8 Å². The average molecular weight is 335 g/mol. The van der Waals surface area contributed by atoms with Gasteiger partial charge in [-0.25, -0.2) is 0 Å². The van der Waals surface area contributed by atoms with Crippen LogP contribution in [0, 0.1) is 5.41 Å². The number of aromatic nitrogens is 1. The Labute approximate surface area is 139 Å². The number of methoxy groups -OCH3 is 1. The number of amides is 1. The van der Waals surface area contributed by atoms with Crippen LogP contribution in [0.1, 0.15) is 25.0 Å². The summed E-state index contributed by atoms with van der Waals surface area (Å²) in [5.74, 6) is 0.644. The van der Waals surface area contributed by atoms with E-state index in [1.807, 2.05) is 18.2 Å². The van der Waals surface area contributed by atoms with E-state index in [-0.39, 0.29) is 11.3 Å². The summed E-state index contributed by atoms with van der Waals surface area (Å²) in [4.78, 5) is 12.4. The molecule has 1 fully saturated rings. The van der Waals surface area contributed by atoms with Gasteiger partial charge in [0.2, 0.25) is 5.91 Å². The predicted octanol–water partition coefficient (Wildman–Crippen LogP) is 3.43. The Morgan fingerprint density at radius 1 is 1.39 bits per heavy atom. The van der Waals surface area contributed by atoms with Crippen LogP contribution in [0.3, 0.4) is 0 Å². The molecule has 1 heterocycles. The van der Waals surface area contributed by atoms with Gasteiger partial charge in [-0.1, -0.05) is 35.3 Å². The molecule has 23 heavy (non-hydrogen) atoms. The Bertz CT molecular complexity index is 677. The lowest BCUT2D eigenvalue weighted by Gasteiger charge is -2.39. The Morgan fingerprint density at radius 3 is 2.74 bits per heavy atom. The Hall–Kier alpha value is -1.85. The van der Waals surface area contributed by atoms with Gasteiger partial charge in [0, 0.05) is 23.8 Å². The van der Waals surface area contributed by atoms with Crippen molar-refractivity contribution in [2.24, 2.45) is 5.41 Å². The molecular formula is C17H19ClN2O3. The molecule has 0 radical (unpaired) electrons. The fraction of sp³-hybridized carbons (Fsp3) is 0.412. The van der Waals surface area contributed by atoms with Crippen molar-refractivity contribution in [3.8, 4) is 11.3 Å². The number of benzene rings is 1. The summed E-state index contributed by atoms with van der Waals surface area (Å²) in [5.41, 5.74) is 1.28. The number of hydrogen-bond donors (Lipinski definition) is 1. The molecule has 0 bridgehead atoms. The minimum absolute atomic E-state index is 0.0232. The highest BCUT2D eigenvalue weighted by molar-refractivity contribution is 6.30.